The van der Waals surface area contributed by atoms with Crippen molar-refractivity contribution in [2.45, 2.75) is 38.6 Å². The number of rotatable bonds is 5. The van der Waals surface area contributed by atoms with Gasteiger partial charge in [0.2, 0.25) is 5.91 Å². The molecule has 6 heteroatoms. The van der Waals surface area contributed by atoms with Crippen molar-refractivity contribution in [1.82, 2.24) is 19.8 Å². The second-order valence-corrected chi connectivity index (χ2v) is 8.61. The first kappa shape index (κ1) is 17.6. The molecular weight excluding hydrogens is 344 g/mol. The minimum atomic E-state index is 0.257. The quantitative estimate of drug-likeness (QED) is 0.812. The highest BCUT2D eigenvalue weighted by atomic mass is 32.1. The van der Waals surface area contributed by atoms with Gasteiger partial charge in [-0.05, 0) is 37.9 Å². The molecule has 2 aromatic rings. The van der Waals surface area contributed by atoms with E-state index in [0.29, 0.717) is 12.3 Å². The number of pyridine rings is 1. The first-order chi connectivity index (χ1) is 12.7. The topological polar surface area (TPSA) is 49.3 Å². The standard InChI is InChI=1S/C20H26N4OS/c25-19-5-8-20(16-24(19)12-6-17-4-1-2-9-21-17)7-3-11-23(15-20)14-18-22-10-13-26-18/h1-2,4,9-10,13H,3,5-8,11-12,14-16H2. The Labute approximate surface area is 159 Å². The average molecular weight is 371 g/mol. The van der Waals surface area contributed by atoms with Crippen LogP contribution in [0.25, 0.3) is 0 Å². The number of hydrogen-bond acceptors (Lipinski definition) is 5. The fourth-order valence-electron chi connectivity index (χ4n) is 4.40. The lowest BCUT2D eigenvalue weighted by Gasteiger charge is -2.48. The van der Waals surface area contributed by atoms with E-state index in [1.54, 1.807) is 11.3 Å². The van der Waals surface area contributed by atoms with Crippen LogP contribution in [0.1, 0.15) is 36.4 Å². The molecule has 4 heterocycles. The highest BCUT2D eigenvalue weighted by Crippen LogP contribution is 2.39. The summed E-state index contributed by atoms with van der Waals surface area (Å²) in [5.74, 6) is 0.309. The van der Waals surface area contributed by atoms with Crippen molar-refractivity contribution >= 4 is 17.2 Å². The number of likely N-dealkylation sites (tertiary alicyclic amines) is 2. The maximum atomic E-state index is 12.5. The van der Waals surface area contributed by atoms with Gasteiger partial charge in [0, 0.05) is 61.4 Å². The van der Waals surface area contributed by atoms with Crippen LogP contribution >= 0.6 is 11.3 Å². The van der Waals surface area contributed by atoms with Gasteiger partial charge in [-0.1, -0.05) is 6.07 Å². The summed E-state index contributed by atoms with van der Waals surface area (Å²) < 4.78 is 0. The summed E-state index contributed by atoms with van der Waals surface area (Å²) in [7, 11) is 0. The number of aromatic nitrogens is 2. The van der Waals surface area contributed by atoms with Gasteiger partial charge in [-0.25, -0.2) is 4.98 Å². The number of carbonyl (C=O) groups is 1. The molecule has 0 saturated carbocycles. The number of piperidine rings is 2. The molecule has 0 N–H and O–H groups in total. The van der Waals surface area contributed by atoms with Crippen LogP contribution in [0.4, 0.5) is 0 Å². The fourth-order valence-corrected chi connectivity index (χ4v) is 5.06. The zero-order valence-electron chi connectivity index (χ0n) is 15.1. The zero-order valence-corrected chi connectivity index (χ0v) is 16.0. The SMILES string of the molecule is O=C1CCC2(CCCN(Cc3nccs3)C2)CN1CCc1ccccn1. The van der Waals surface area contributed by atoms with Gasteiger partial charge in [0.1, 0.15) is 5.01 Å². The third-order valence-corrected chi connectivity index (χ3v) is 6.46. The Balaban J connectivity index is 1.38. The van der Waals surface area contributed by atoms with E-state index in [4.69, 9.17) is 0 Å². The Morgan fingerprint density at radius 3 is 2.92 bits per heavy atom. The van der Waals surface area contributed by atoms with E-state index in [1.807, 2.05) is 36.0 Å². The van der Waals surface area contributed by atoms with Crippen molar-refractivity contribution in [3.8, 4) is 0 Å². The summed E-state index contributed by atoms with van der Waals surface area (Å²) in [6.07, 6.45) is 8.71. The van der Waals surface area contributed by atoms with Gasteiger partial charge in [-0.2, -0.15) is 0 Å². The Kier molecular flexibility index (Phi) is 5.31. The summed E-state index contributed by atoms with van der Waals surface area (Å²) in [6.45, 7) is 4.85. The van der Waals surface area contributed by atoms with Crippen molar-refractivity contribution in [2.75, 3.05) is 26.2 Å². The number of hydrogen-bond donors (Lipinski definition) is 0. The number of amides is 1. The van der Waals surface area contributed by atoms with Gasteiger partial charge < -0.3 is 4.90 Å². The van der Waals surface area contributed by atoms with E-state index in [0.717, 1.165) is 51.3 Å². The average Bonchev–Trinajstić information content (AvgIpc) is 3.17. The lowest BCUT2D eigenvalue weighted by atomic mass is 9.73. The largest absolute Gasteiger partial charge is 0.342 e. The number of nitrogens with zero attached hydrogens (tertiary/aromatic N) is 4. The first-order valence-electron chi connectivity index (χ1n) is 9.51. The molecule has 2 aliphatic rings. The van der Waals surface area contributed by atoms with Gasteiger partial charge in [0.15, 0.2) is 0 Å². The Morgan fingerprint density at radius 1 is 1.15 bits per heavy atom. The third-order valence-electron chi connectivity index (χ3n) is 5.69. The Bertz CT molecular complexity index is 721. The highest BCUT2D eigenvalue weighted by molar-refractivity contribution is 7.09. The first-order valence-corrected chi connectivity index (χ1v) is 10.4. The highest BCUT2D eigenvalue weighted by Gasteiger charge is 2.41. The molecule has 0 radical (unpaired) electrons. The molecule has 1 spiro atoms. The van der Waals surface area contributed by atoms with Crippen molar-refractivity contribution in [1.29, 1.82) is 0 Å². The third kappa shape index (κ3) is 4.13. The molecule has 1 amide bonds. The van der Waals surface area contributed by atoms with Gasteiger partial charge in [0.25, 0.3) is 0 Å². The molecule has 0 bridgehead atoms. The van der Waals surface area contributed by atoms with Crippen LogP contribution in [0.2, 0.25) is 0 Å². The second-order valence-electron chi connectivity index (χ2n) is 7.63. The zero-order chi connectivity index (χ0) is 17.8. The van der Waals surface area contributed by atoms with E-state index < -0.39 is 0 Å². The van der Waals surface area contributed by atoms with Crippen LogP contribution < -0.4 is 0 Å². The molecule has 2 saturated heterocycles. The molecule has 0 aromatic carbocycles. The Hall–Kier alpha value is -1.79. The van der Waals surface area contributed by atoms with Crippen LogP contribution in [-0.4, -0.2) is 51.9 Å². The van der Waals surface area contributed by atoms with Crippen molar-refractivity contribution in [3.63, 3.8) is 0 Å². The smallest absolute Gasteiger partial charge is 0.222 e. The van der Waals surface area contributed by atoms with Gasteiger partial charge in [-0.15, -0.1) is 11.3 Å². The molecule has 1 atom stereocenters. The van der Waals surface area contributed by atoms with Gasteiger partial charge in [0.05, 0.1) is 6.54 Å². The number of carbonyl (C=O) groups excluding carboxylic acids is 1. The predicted octanol–water partition coefficient (Wildman–Crippen LogP) is 2.99. The van der Waals surface area contributed by atoms with Crippen LogP contribution in [0, 0.1) is 5.41 Å². The lowest BCUT2D eigenvalue weighted by Crippen LogP contribution is -2.54. The van der Waals surface area contributed by atoms with Crippen LogP contribution in [0.5, 0.6) is 0 Å². The predicted molar refractivity (Wildman–Crippen MR) is 103 cm³/mol. The van der Waals surface area contributed by atoms with E-state index >= 15 is 0 Å². The maximum absolute atomic E-state index is 12.5. The monoisotopic (exact) mass is 370 g/mol. The summed E-state index contributed by atoms with van der Waals surface area (Å²) >= 11 is 1.73. The molecule has 2 aromatic heterocycles. The molecule has 2 aliphatic heterocycles. The van der Waals surface area contributed by atoms with Gasteiger partial charge >= 0.3 is 0 Å². The molecule has 5 nitrogen and oxygen atoms in total. The summed E-state index contributed by atoms with van der Waals surface area (Å²) in [5, 5.41) is 3.24. The van der Waals surface area contributed by atoms with Crippen molar-refractivity contribution in [2.24, 2.45) is 5.41 Å². The molecule has 4 rings (SSSR count). The molecule has 26 heavy (non-hydrogen) atoms. The second kappa shape index (κ2) is 7.84. The van der Waals surface area contributed by atoms with Gasteiger partial charge in [-0.3, -0.25) is 14.7 Å². The summed E-state index contributed by atoms with van der Waals surface area (Å²) in [5.41, 5.74) is 1.32. The van der Waals surface area contributed by atoms with E-state index in [2.05, 4.69) is 19.8 Å². The van der Waals surface area contributed by atoms with E-state index in [-0.39, 0.29) is 5.41 Å². The minimum Gasteiger partial charge on any atom is -0.342 e. The lowest BCUT2D eigenvalue weighted by molar-refractivity contribution is -0.139. The fraction of sp³-hybridized carbons (Fsp3) is 0.550. The molecule has 138 valence electrons. The van der Waals surface area contributed by atoms with Crippen LogP contribution in [-0.2, 0) is 17.8 Å². The Morgan fingerprint density at radius 2 is 2.12 bits per heavy atom. The van der Waals surface area contributed by atoms with Crippen molar-refractivity contribution < 1.29 is 4.79 Å². The molecular formula is C20H26N4OS. The number of thiazole rings is 1. The molecule has 1 unspecified atom stereocenters. The minimum absolute atomic E-state index is 0.257. The van der Waals surface area contributed by atoms with Crippen LogP contribution in [0.3, 0.4) is 0 Å². The van der Waals surface area contributed by atoms with Crippen molar-refractivity contribution in [3.05, 3.63) is 46.7 Å². The van der Waals surface area contributed by atoms with E-state index in [9.17, 15) is 4.79 Å². The molecule has 2 fully saturated rings. The van der Waals surface area contributed by atoms with Crippen LogP contribution in [0.15, 0.2) is 36.0 Å². The summed E-state index contributed by atoms with van der Waals surface area (Å²) in [6, 6.07) is 5.99. The van der Waals surface area contributed by atoms with E-state index in [1.165, 1.54) is 17.8 Å². The summed E-state index contributed by atoms with van der Waals surface area (Å²) in [4.78, 5) is 25.9. The molecule has 0 aliphatic carbocycles. The normalized spacial score (nSPS) is 24.3. The maximum Gasteiger partial charge on any atom is 0.222 e.